The molecule has 1 aromatic heterocycles. The number of aromatic nitrogens is 1. The molecular formula is C17H30N6. The van der Waals surface area contributed by atoms with Gasteiger partial charge in [0.1, 0.15) is 5.82 Å². The van der Waals surface area contributed by atoms with Gasteiger partial charge in [-0.15, -0.1) is 0 Å². The first-order valence-corrected chi connectivity index (χ1v) is 8.48. The van der Waals surface area contributed by atoms with Gasteiger partial charge in [0, 0.05) is 52.0 Å². The van der Waals surface area contributed by atoms with Gasteiger partial charge in [0.15, 0.2) is 5.96 Å². The second-order valence-electron chi connectivity index (χ2n) is 6.19. The molecule has 2 N–H and O–H groups in total. The average molecular weight is 318 g/mol. The number of piperazine rings is 1. The van der Waals surface area contributed by atoms with Crippen molar-refractivity contribution in [3.63, 3.8) is 0 Å². The summed E-state index contributed by atoms with van der Waals surface area (Å²) in [6, 6.07) is 4.68. The summed E-state index contributed by atoms with van der Waals surface area (Å²) in [4.78, 5) is 13.6. The lowest BCUT2D eigenvalue weighted by Gasteiger charge is -2.33. The van der Waals surface area contributed by atoms with Gasteiger partial charge in [-0.05, 0) is 32.0 Å². The first-order valence-electron chi connectivity index (χ1n) is 8.48. The molecule has 2 rings (SSSR count). The first-order chi connectivity index (χ1) is 11.1. The van der Waals surface area contributed by atoms with E-state index >= 15 is 0 Å². The Balaban J connectivity index is 1.85. The Hall–Kier alpha value is -1.82. The number of rotatable bonds is 5. The van der Waals surface area contributed by atoms with Gasteiger partial charge in [0.25, 0.3) is 0 Å². The van der Waals surface area contributed by atoms with Crippen molar-refractivity contribution >= 4 is 11.8 Å². The van der Waals surface area contributed by atoms with Crippen LogP contribution in [0.3, 0.4) is 0 Å². The molecule has 1 aliphatic heterocycles. The minimum atomic E-state index is 0.416. The molecule has 23 heavy (non-hydrogen) atoms. The number of likely N-dealkylation sites (N-methyl/N-ethyl adjacent to an activating group) is 1. The van der Waals surface area contributed by atoms with Gasteiger partial charge >= 0.3 is 0 Å². The molecule has 1 atom stereocenters. The first kappa shape index (κ1) is 17.5. The molecule has 6 heteroatoms. The fraction of sp³-hybridized carbons (Fsp3) is 0.647. The second kappa shape index (κ2) is 8.72. The average Bonchev–Trinajstić information content (AvgIpc) is 2.59. The molecule has 2 heterocycles. The van der Waals surface area contributed by atoms with E-state index in [1.54, 1.807) is 7.05 Å². The highest BCUT2D eigenvalue weighted by atomic mass is 15.3. The van der Waals surface area contributed by atoms with Crippen LogP contribution in [-0.4, -0.2) is 62.2 Å². The Labute approximate surface area is 140 Å². The number of nitrogens with zero attached hydrogens (tertiary/aromatic N) is 4. The maximum atomic E-state index is 4.62. The lowest BCUT2D eigenvalue weighted by molar-refractivity contribution is 0.312. The molecule has 1 fully saturated rings. The fourth-order valence-corrected chi connectivity index (χ4v) is 2.46. The quantitative estimate of drug-likeness (QED) is 0.633. The van der Waals surface area contributed by atoms with Crippen molar-refractivity contribution in [2.24, 2.45) is 4.99 Å². The molecule has 1 unspecified atom stereocenters. The van der Waals surface area contributed by atoms with E-state index in [9.17, 15) is 0 Å². The van der Waals surface area contributed by atoms with Crippen LogP contribution in [0.25, 0.3) is 0 Å². The number of hydrogen-bond acceptors (Lipinski definition) is 4. The Morgan fingerprint density at radius 1 is 1.30 bits per heavy atom. The fourth-order valence-electron chi connectivity index (χ4n) is 2.46. The van der Waals surface area contributed by atoms with Crippen LogP contribution in [0.1, 0.15) is 25.8 Å². The molecule has 0 amide bonds. The smallest absolute Gasteiger partial charge is 0.191 e. The highest BCUT2D eigenvalue weighted by molar-refractivity contribution is 5.79. The number of pyridine rings is 1. The summed E-state index contributed by atoms with van der Waals surface area (Å²) in [6.07, 6.45) is 3.03. The third-order valence-corrected chi connectivity index (χ3v) is 4.32. The summed E-state index contributed by atoms with van der Waals surface area (Å²) in [5.74, 6) is 1.91. The van der Waals surface area contributed by atoms with Gasteiger partial charge in [-0.3, -0.25) is 4.99 Å². The van der Waals surface area contributed by atoms with Gasteiger partial charge < -0.3 is 20.4 Å². The van der Waals surface area contributed by atoms with Crippen LogP contribution in [0.15, 0.2) is 23.3 Å². The number of hydrogen-bond donors (Lipinski definition) is 2. The van der Waals surface area contributed by atoms with Crippen LogP contribution in [0.2, 0.25) is 0 Å². The summed E-state index contributed by atoms with van der Waals surface area (Å²) >= 11 is 0. The molecule has 6 nitrogen and oxygen atoms in total. The van der Waals surface area contributed by atoms with Crippen LogP contribution in [-0.2, 0) is 6.54 Å². The van der Waals surface area contributed by atoms with E-state index in [1.807, 2.05) is 6.20 Å². The van der Waals surface area contributed by atoms with E-state index < -0.39 is 0 Å². The molecule has 1 saturated heterocycles. The summed E-state index contributed by atoms with van der Waals surface area (Å²) < 4.78 is 0. The van der Waals surface area contributed by atoms with Crippen LogP contribution in [0.4, 0.5) is 5.82 Å². The zero-order chi connectivity index (χ0) is 16.7. The van der Waals surface area contributed by atoms with Crippen LogP contribution in [0, 0.1) is 0 Å². The van der Waals surface area contributed by atoms with Gasteiger partial charge in [0.2, 0.25) is 0 Å². The summed E-state index contributed by atoms with van der Waals surface area (Å²) in [5, 5.41) is 6.69. The number of guanidine groups is 1. The van der Waals surface area contributed by atoms with Gasteiger partial charge in [-0.2, -0.15) is 0 Å². The zero-order valence-electron chi connectivity index (χ0n) is 14.8. The Kier molecular flexibility index (Phi) is 6.65. The normalized spacial score (nSPS) is 17.9. The Bertz CT molecular complexity index is 490. The van der Waals surface area contributed by atoms with Crippen molar-refractivity contribution in [1.29, 1.82) is 0 Å². The minimum Gasteiger partial charge on any atom is -0.354 e. The Morgan fingerprint density at radius 3 is 2.61 bits per heavy atom. The SMILES string of the molecule is CCC(C)NC(=NC)NCc1ccc(N2CCN(C)CC2)nc1. The molecule has 1 aliphatic rings. The molecule has 0 saturated carbocycles. The van der Waals surface area contributed by atoms with Gasteiger partial charge in [-0.25, -0.2) is 4.98 Å². The molecule has 0 aromatic carbocycles. The highest BCUT2D eigenvalue weighted by Gasteiger charge is 2.14. The molecular weight excluding hydrogens is 288 g/mol. The third-order valence-electron chi connectivity index (χ3n) is 4.32. The molecule has 1 aromatic rings. The summed E-state index contributed by atoms with van der Waals surface area (Å²) in [7, 11) is 3.96. The summed E-state index contributed by atoms with van der Waals surface area (Å²) in [6.45, 7) is 9.33. The maximum Gasteiger partial charge on any atom is 0.191 e. The minimum absolute atomic E-state index is 0.416. The topological polar surface area (TPSA) is 55.8 Å². The number of anilines is 1. The zero-order valence-corrected chi connectivity index (χ0v) is 14.8. The molecule has 0 spiro atoms. The van der Waals surface area contributed by atoms with E-state index in [0.717, 1.165) is 56.5 Å². The van der Waals surface area contributed by atoms with E-state index in [-0.39, 0.29) is 0 Å². The Morgan fingerprint density at radius 2 is 2.04 bits per heavy atom. The number of aliphatic imine (C=N–C) groups is 1. The maximum absolute atomic E-state index is 4.62. The highest BCUT2D eigenvalue weighted by Crippen LogP contribution is 2.13. The third kappa shape index (κ3) is 5.39. The predicted octanol–water partition coefficient (Wildman–Crippen LogP) is 1.30. The van der Waals surface area contributed by atoms with Crippen molar-refractivity contribution in [1.82, 2.24) is 20.5 Å². The lowest BCUT2D eigenvalue weighted by Crippen LogP contribution is -2.44. The van der Waals surface area contributed by atoms with E-state index in [2.05, 4.69) is 63.4 Å². The van der Waals surface area contributed by atoms with Crippen molar-refractivity contribution in [2.45, 2.75) is 32.9 Å². The second-order valence-corrected chi connectivity index (χ2v) is 6.19. The standard InChI is InChI=1S/C17H30N6/c1-5-14(2)21-17(18-3)20-13-15-6-7-16(19-12-15)23-10-8-22(4)9-11-23/h6-7,12,14H,5,8-11,13H2,1-4H3,(H2,18,20,21). The molecule has 0 radical (unpaired) electrons. The van der Waals surface area contributed by atoms with Gasteiger partial charge in [0.05, 0.1) is 0 Å². The predicted molar refractivity (Wildman–Crippen MR) is 97.0 cm³/mol. The van der Waals surface area contributed by atoms with Gasteiger partial charge in [-0.1, -0.05) is 13.0 Å². The summed E-state index contributed by atoms with van der Waals surface area (Å²) in [5.41, 5.74) is 1.16. The van der Waals surface area contributed by atoms with Crippen molar-refractivity contribution in [3.8, 4) is 0 Å². The largest absolute Gasteiger partial charge is 0.354 e. The van der Waals surface area contributed by atoms with Crippen molar-refractivity contribution < 1.29 is 0 Å². The van der Waals surface area contributed by atoms with Crippen molar-refractivity contribution in [2.75, 3.05) is 45.2 Å². The molecule has 128 valence electrons. The van der Waals surface area contributed by atoms with Crippen LogP contribution >= 0.6 is 0 Å². The van der Waals surface area contributed by atoms with Crippen molar-refractivity contribution in [3.05, 3.63) is 23.9 Å². The van der Waals surface area contributed by atoms with E-state index in [1.165, 1.54) is 0 Å². The number of nitrogens with one attached hydrogen (secondary N) is 2. The van der Waals surface area contributed by atoms with Crippen LogP contribution < -0.4 is 15.5 Å². The van der Waals surface area contributed by atoms with Crippen LogP contribution in [0.5, 0.6) is 0 Å². The van der Waals surface area contributed by atoms with E-state index in [4.69, 9.17) is 0 Å². The molecule has 0 bridgehead atoms. The van der Waals surface area contributed by atoms with E-state index in [0.29, 0.717) is 6.04 Å². The lowest BCUT2D eigenvalue weighted by atomic mass is 10.2. The monoisotopic (exact) mass is 318 g/mol. The molecule has 0 aliphatic carbocycles.